The van der Waals surface area contributed by atoms with Crippen LogP contribution in [0.3, 0.4) is 0 Å². The molecule has 3 nitrogen and oxygen atoms in total. The number of nitrogens with zero attached hydrogens (tertiary/aromatic N) is 1. The van der Waals surface area contributed by atoms with E-state index in [1.807, 2.05) is 6.07 Å². The number of hydrogen-bond donors (Lipinski definition) is 1. The van der Waals surface area contributed by atoms with Crippen LogP contribution in [0.5, 0.6) is 0 Å². The summed E-state index contributed by atoms with van der Waals surface area (Å²) in [5.74, 6) is -1.10. The Balaban J connectivity index is 2.82. The summed E-state index contributed by atoms with van der Waals surface area (Å²) in [5.41, 5.74) is 0.452. The topological polar surface area (TPSA) is 52.9 Å². The summed E-state index contributed by atoms with van der Waals surface area (Å²) in [6.45, 7) is 1.51. The van der Waals surface area contributed by atoms with Gasteiger partial charge in [0.05, 0.1) is 16.8 Å². The van der Waals surface area contributed by atoms with Crippen LogP contribution < -0.4 is 5.32 Å². The minimum absolute atomic E-state index is 0.348. The summed E-state index contributed by atoms with van der Waals surface area (Å²) < 4.78 is 0. The molecule has 0 saturated heterocycles. The third-order valence-corrected chi connectivity index (χ3v) is 2.32. The van der Waals surface area contributed by atoms with Gasteiger partial charge >= 0.3 is 0 Å². The molecule has 1 rings (SSSR count). The zero-order chi connectivity index (χ0) is 11.4. The Bertz CT molecular complexity index is 426. The fourth-order valence-corrected chi connectivity index (χ4v) is 1.35. The smallest absolute Gasteiger partial charge is 0.241 e. The Hall–Kier alpha value is -1.24. The normalized spacial score (nSPS) is 11.6. The summed E-state index contributed by atoms with van der Waals surface area (Å²) in [7, 11) is 0. The standard InChI is InChI=1S/C10H8Cl2N2O/c1-6(5-13)10(15)14-9-3-2-7(11)4-8(9)12/h2-4,6H,1H3,(H,14,15). The number of carbonyl (C=O) groups excluding carboxylic acids is 1. The summed E-state index contributed by atoms with van der Waals surface area (Å²) in [6.07, 6.45) is 0. The lowest BCUT2D eigenvalue weighted by Crippen LogP contribution is -2.19. The van der Waals surface area contributed by atoms with Crippen LogP contribution in [0.2, 0.25) is 10.0 Å². The van der Waals surface area contributed by atoms with Gasteiger partial charge in [0.2, 0.25) is 5.91 Å². The number of hydrogen-bond acceptors (Lipinski definition) is 2. The van der Waals surface area contributed by atoms with Crippen molar-refractivity contribution in [3.05, 3.63) is 28.2 Å². The van der Waals surface area contributed by atoms with Gasteiger partial charge in [0.1, 0.15) is 5.92 Å². The molecule has 1 amide bonds. The summed E-state index contributed by atoms with van der Waals surface area (Å²) in [6, 6.07) is 6.56. The van der Waals surface area contributed by atoms with Crippen LogP contribution >= 0.6 is 23.2 Å². The number of nitrogens with one attached hydrogen (secondary N) is 1. The van der Waals surface area contributed by atoms with Gasteiger partial charge in [-0.1, -0.05) is 23.2 Å². The van der Waals surface area contributed by atoms with Crippen molar-refractivity contribution in [3.63, 3.8) is 0 Å². The second-order valence-electron chi connectivity index (χ2n) is 2.96. The molecule has 0 fully saturated rings. The molecule has 0 aliphatic heterocycles. The van der Waals surface area contributed by atoms with Gasteiger partial charge in [-0.3, -0.25) is 4.79 Å². The number of amides is 1. The Morgan fingerprint density at radius 3 is 2.73 bits per heavy atom. The highest BCUT2D eigenvalue weighted by atomic mass is 35.5. The number of carbonyl (C=O) groups is 1. The molecule has 5 heteroatoms. The van der Waals surface area contributed by atoms with Crippen molar-refractivity contribution >= 4 is 34.8 Å². The molecule has 1 aromatic rings. The quantitative estimate of drug-likeness (QED) is 0.867. The van der Waals surface area contributed by atoms with Gasteiger partial charge in [-0.05, 0) is 25.1 Å². The Morgan fingerprint density at radius 2 is 2.20 bits per heavy atom. The first kappa shape index (κ1) is 11.8. The third kappa shape index (κ3) is 3.12. The van der Waals surface area contributed by atoms with Crippen LogP contribution in [0.1, 0.15) is 6.92 Å². The number of benzene rings is 1. The highest BCUT2D eigenvalue weighted by Gasteiger charge is 2.13. The minimum atomic E-state index is -0.711. The molecule has 0 radical (unpaired) electrons. The average molecular weight is 243 g/mol. The van der Waals surface area contributed by atoms with E-state index in [1.165, 1.54) is 13.0 Å². The van der Waals surface area contributed by atoms with E-state index >= 15 is 0 Å². The Labute approximate surface area is 97.6 Å². The first-order chi connectivity index (χ1) is 7.04. The second-order valence-corrected chi connectivity index (χ2v) is 3.81. The lowest BCUT2D eigenvalue weighted by molar-refractivity contribution is -0.117. The lowest BCUT2D eigenvalue weighted by Gasteiger charge is -2.07. The number of halogens is 2. The first-order valence-corrected chi connectivity index (χ1v) is 4.95. The number of rotatable bonds is 2. The molecule has 78 valence electrons. The molecule has 0 saturated carbocycles. The summed E-state index contributed by atoms with van der Waals surface area (Å²) in [5, 5.41) is 11.9. The van der Waals surface area contributed by atoms with Crippen molar-refractivity contribution in [2.24, 2.45) is 5.92 Å². The molecule has 0 aliphatic rings. The zero-order valence-electron chi connectivity index (χ0n) is 7.92. The Kier molecular flexibility index (Phi) is 3.96. The molecule has 1 aromatic carbocycles. The molecule has 0 aliphatic carbocycles. The fraction of sp³-hybridized carbons (Fsp3) is 0.200. The number of anilines is 1. The van der Waals surface area contributed by atoms with Crippen LogP contribution in [0.15, 0.2) is 18.2 Å². The van der Waals surface area contributed by atoms with Gasteiger partial charge < -0.3 is 5.32 Å². The summed E-state index contributed by atoms with van der Waals surface area (Å²) >= 11 is 11.5. The zero-order valence-corrected chi connectivity index (χ0v) is 9.43. The van der Waals surface area contributed by atoms with E-state index in [0.29, 0.717) is 15.7 Å². The van der Waals surface area contributed by atoms with Crippen LogP contribution in [0.4, 0.5) is 5.69 Å². The molecule has 0 bridgehead atoms. The van der Waals surface area contributed by atoms with Gasteiger partial charge in [0.15, 0.2) is 0 Å². The van der Waals surface area contributed by atoms with Crippen molar-refractivity contribution in [2.75, 3.05) is 5.32 Å². The van der Waals surface area contributed by atoms with E-state index < -0.39 is 5.92 Å². The highest BCUT2D eigenvalue weighted by Crippen LogP contribution is 2.25. The molecule has 0 aromatic heterocycles. The van der Waals surface area contributed by atoms with E-state index in [4.69, 9.17) is 28.5 Å². The molecule has 1 N–H and O–H groups in total. The van der Waals surface area contributed by atoms with Crippen molar-refractivity contribution in [3.8, 4) is 6.07 Å². The van der Waals surface area contributed by atoms with E-state index in [0.717, 1.165) is 0 Å². The van der Waals surface area contributed by atoms with Crippen molar-refractivity contribution < 1.29 is 4.79 Å². The Morgan fingerprint density at radius 1 is 1.53 bits per heavy atom. The van der Waals surface area contributed by atoms with E-state index in [1.54, 1.807) is 12.1 Å². The van der Waals surface area contributed by atoms with Crippen molar-refractivity contribution in [1.82, 2.24) is 0 Å². The molecule has 0 heterocycles. The maximum atomic E-state index is 11.4. The van der Waals surface area contributed by atoms with E-state index in [-0.39, 0.29) is 5.91 Å². The minimum Gasteiger partial charge on any atom is -0.324 e. The fourth-order valence-electron chi connectivity index (χ4n) is 0.890. The predicted octanol–water partition coefficient (Wildman–Crippen LogP) is 3.09. The van der Waals surface area contributed by atoms with Crippen molar-refractivity contribution in [1.29, 1.82) is 5.26 Å². The van der Waals surface area contributed by atoms with Crippen molar-refractivity contribution in [2.45, 2.75) is 6.92 Å². The monoisotopic (exact) mass is 242 g/mol. The largest absolute Gasteiger partial charge is 0.324 e. The van der Waals surface area contributed by atoms with Gasteiger partial charge in [0, 0.05) is 5.02 Å². The highest BCUT2D eigenvalue weighted by molar-refractivity contribution is 6.36. The average Bonchev–Trinajstić information content (AvgIpc) is 2.20. The first-order valence-electron chi connectivity index (χ1n) is 4.20. The van der Waals surface area contributed by atoms with Crippen LogP contribution in [0, 0.1) is 17.2 Å². The maximum Gasteiger partial charge on any atom is 0.241 e. The predicted molar refractivity (Wildman–Crippen MR) is 59.9 cm³/mol. The van der Waals surface area contributed by atoms with E-state index in [2.05, 4.69) is 5.32 Å². The number of nitriles is 1. The van der Waals surface area contributed by atoms with Gasteiger partial charge in [-0.2, -0.15) is 5.26 Å². The van der Waals surface area contributed by atoms with Crippen LogP contribution in [-0.4, -0.2) is 5.91 Å². The molecule has 0 spiro atoms. The third-order valence-electron chi connectivity index (χ3n) is 1.78. The lowest BCUT2D eigenvalue weighted by atomic mass is 10.2. The van der Waals surface area contributed by atoms with Crippen LogP contribution in [-0.2, 0) is 4.79 Å². The van der Waals surface area contributed by atoms with Gasteiger partial charge in [-0.15, -0.1) is 0 Å². The summed E-state index contributed by atoms with van der Waals surface area (Å²) in [4.78, 5) is 11.4. The molecule has 1 unspecified atom stereocenters. The van der Waals surface area contributed by atoms with E-state index in [9.17, 15) is 4.79 Å². The second kappa shape index (κ2) is 5.01. The van der Waals surface area contributed by atoms with Crippen LogP contribution in [0.25, 0.3) is 0 Å². The van der Waals surface area contributed by atoms with Gasteiger partial charge in [0.25, 0.3) is 0 Å². The molecule has 1 atom stereocenters. The maximum absolute atomic E-state index is 11.4. The molecular formula is C10H8Cl2N2O. The van der Waals surface area contributed by atoms with Gasteiger partial charge in [-0.25, -0.2) is 0 Å². The molecule has 15 heavy (non-hydrogen) atoms. The SMILES string of the molecule is CC(C#N)C(=O)Nc1ccc(Cl)cc1Cl. The molecular weight excluding hydrogens is 235 g/mol.